The minimum atomic E-state index is 0.189. The zero-order valence-corrected chi connectivity index (χ0v) is 24.2. The van der Waals surface area contributed by atoms with Crippen LogP contribution in [-0.4, -0.2) is 6.71 Å². The standard InChI is InChI=1S/C38H37BN2/c1-3-5-14-28-22-24-34-32(26-28)39-33-27-29(15-6-4-2)23-25-35(33)41(31-18-11-8-12-19-31)37-21-13-20-36(38(37)39)40(34)30-16-9-7-10-17-30/h7-13,16-27H,3-6,14-15H2,1-2H3. The Morgan fingerprint density at radius 2 is 0.951 bits per heavy atom. The molecule has 2 aliphatic rings. The van der Waals surface area contributed by atoms with Gasteiger partial charge in [0.05, 0.1) is 0 Å². The number of fused-ring (bicyclic) bond motifs is 4. The van der Waals surface area contributed by atoms with Crippen molar-refractivity contribution in [1.82, 2.24) is 0 Å². The number of unbranched alkanes of at least 4 members (excludes halogenated alkanes) is 2. The molecule has 5 aromatic rings. The van der Waals surface area contributed by atoms with E-state index in [0.717, 1.165) is 12.8 Å². The van der Waals surface area contributed by atoms with Crippen LogP contribution in [0.15, 0.2) is 115 Å². The van der Waals surface area contributed by atoms with Gasteiger partial charge >= 0.3 is 0 Å². The van der Waals surface area contributed by atoms with Crippen molar-refractivity contribution in [3.8, 4) is 0 Å². The summed E-state index contributed by atoms with van der Waals surface area (Å²) in [6.07, 6.45) is 7.09. The van der Waals surface area contributed by atoms with Gasteiger partial charge in [-0.15, -0.1) is 0 Å². The molecule has 0 unspecified atom stereocenters. The second kappa shape index (κ2) is 11.0. The van der Waals surface area contributed by atoms with E-state index < -0.39 is 0 Å². The number of benzene rings is 5. The van der Waals surface area contributed by atoms with E-state index in [2.05, 4.69) is 139 Å². The number of aryl methyl sites for hydroxylation is 2. The van der Waals surface area contributed by atoms with Crippen LogP contribution >= 0.6 is 0 Å². The highest BCUT2D eigenvalue weighted by atomic mass is 15.2. The van der Waals surface area contributed by atoms with Crippen molar-refractivity contribution in [2.45, 2.75) is 52.4 Å². The Kier molecular flexibility index (Phi) is 6.88. The van der Waals surface area contributed by atoms with Crippen molar-refractivity contribution in [2.24, 2.45) is 0 Å². The maximum atomic E-state index is 2.52. The molecule has 0 atom stereocenters. The van der Waals surface area contributed by atoms with Gasteiger partial charge in [-0.05, 0) is 102 Å². The summed E-state index contributed by atoms with van der Waals surface area (Å²) < 4.78 is 0. The summed E-state index contributed by atoms with van der Waals surface area (Å²) in [6, 6.07) is 43.2. The lowest BCUT2D eigenvalue weighted by Crippen LogP contribution is -2.61. The summed E-state index contributed by atoms with van der Waals surface area (Å²) >= 11 is 0. The molecule has 0 radical (unpaired) electrons. The molecule has 0 N–H and O–H groups in total. The van der Waals surface area contributed by atoms with E-state index in [1.54, 1.807) is 0 Å². The fraction of sp³-hybridized carbons (Fsp3) is 0.211. The largest absolute Gasteiger partial charge is 0.311 e. The predicted octanol–water partition coefficient (Wildman–Crippen LogP) is 8.45. The quantitative estimate of drug-likeness (QED) is 0.181. The number of anilines is 6. The van der Waals surface area contributed by atoms with Crippen LogP contribution in [0.5, 0.6) is 0 Å². The van der Waals surface area contributed by atoms with Gasteiger partial charge in [-0.25, -0.2) is 0 Å². The number of para-hydroxylation sites is 2. The van der Waals surface area contributed by atoms with Crippen molar-refractivity contribution in [3.63, 3.8) is 0 Å². The van der Waals surface area contributed by atoms with E-state index in [1.807, 2.05) is 0 Å². The van der Waals surface area contributed by atoms with Gasteiger partial charge in [-0.1, -0.05) is 93.4 Å². The average Bonchev–Trinajstić information content (AvgIpc) is 3.03. The van der Waals surface area contributed by atoms with Crippen LogP contribution in [0.25, 0.3) is 0 Å². The Morgan fingerprint density at radius 1 is 0.488 bits per heavy atom. The molecule has 3 heteroatoms. The van der Waals surface area contributed by atoms with Crippen LogP contribution in [0.2, 0.25) is 0 Å². The zero-order valence-electron chi connectivity index (χ0n) is 24.2. The lowest BCUT2D eigenvalue weighted by Gasteiger charge is -2.44. The van der Waals surface area contributed by atoms with Crippen molar-refractivity contribution in [1.29, 1.82) is 0 Å². The van der Waals surface area contributed by atoms with E-state index in [-0.39, 0.29) is 6.71 Å². The molecule has 2 aliphatic heterocycles. The van der Waals surface area contributed by atoms with E-state index in [9.17, 15) is 0 Å². The molecule has 0 aliphatic carbocycles. The van der Waals surface area contributed by atoms with Gasteiger partial charge in [0, 0.05) is 34.1 Å². The van der Waals surface area contributed by atoms with Crippen LogP contribution in [-0.2, 0) is 12.8 Å². The van der Waals surface area contributed by atoms with Crippen LogP contribution in [0.1, 0.15) is 50.7 Å². The molecule has 41 heavy (non-hydrogen) atoms. The Hall–Kier alpha value is -4.24. The fourth-order valence-corrected chi connectivity index (χ4v) is 6.83. The molecule has 0 saturated carbocycles. The molecule has 0 saturated heterocycles. The second-order valence-corrected chi connectivity index (χ2v) is 11.5. The van der Waals surface area contributed by atoms with E-state index in [4.69, 9.17) is 0 Å². The zero-order chi connectivity index (χ0) is 27.8. The Morgan fingerprint density at radius 3 is 1.39 bits per heavy atom. The minimum Gasteiger partial charge on any atom is -0.311 e. The van der Waals surface area contributed by atoms with Crippen LogP contribution in [0, 0.1) is 0 Å². The topological polar surface area (TPSA) is 6.48 Å². The Bertz CT molecular complexity index is 1560. The first-order chi connectivity index (χ1) is 20.3. The first-order valence-corrected chi connectivity index (χ1v) is 15.4. The lowest BCUT2D eigenvalue weighted by molar-refractivity contribution is 0.795. The number of rotatable bonds is 8. The van der Waals surface area contributed by atoms with Gasteiger partial charge in [-0.3, -0.25) is 0 Å². The lowest BCUT2D eigenvalue weighted by atomic mass is 9.33. The maximum Gasteiger partial charge on any atom is 0.252 e. The van der Waals surface area contributed by atoms with Gasteiger partial charge in [0.25, 0.3) is 6.71 Å². The third kappa shape index (κ3) is 4.45. The highest BCUT2D eigenvalue weighted by Crippen LogP contribution is 2.43. The molecule has 2 nitrogen and oxygen atoms in total. The van der Waals surface area contributed by atoms with Crippen molar-refractivity contribution in [3.05, 3.63) is 126 Å². The Balaban J connectivity index is 1.53. The summed E-state index contributed by atoms with van der Waals surface area (Å²) in [7, 11) is 0. The molecular weight excluding hydrogens is 495 g/mol. The monoisotopic (exact) mass is 532 g/mol. The smallest absolute Gasteiger partial charge is 0.252 e. The van der Waals surface area contributed by atoms with Crippen LogP contribution in [0.4, 0.5) is 34.1 Å². The maximum absolute atomic E-state index is 2.52. The fourth-order valence-electron chi connectivity index (χ4n) is 6.83. The van der Waals surface area contributed by atoms with Crippen LogP contribution < -0.4 is 26.2 Å². The van der Waals surface area contributed by atoms with Crippen molar-refractivity contribution in [2.75, 3.05) is 9.80 Å². The third-order valence-corrected chi connectivity index (χ3v) is 8.79. The summed E-state index contributed by atoms with van der Waals surface area (Å²) in [5.41, 5.74) is 14.7. The normalized spacial score (nSPS) is 13.1. The molecule has 0 spiro atoms. The second-order valence-electron chi connectivity index (χ2n) is 11.5. The van der Waals surface area contributed by atoms with Crippen molar-refractivity contribution < 1.29 is 0 Å². The van der Waals surface area contributed by atoms with Gasteiger partial charge in [0.15, 0.2) is 0 Å². The van der Waals surface area contributed by atoms with Crippen molar-refractivity contribution >= 4 is 57.2 Å². The molecule has 0 aromatic heterocycles. The van der Waals surface area contributed by atoms with Gasteiger partial charge < -0.3 is 9.80 Å². The molecule has 2 heterocycles. The highest BCUT2D eigenvalue weighted by molar-refractivity contribution is 7.00. The third-order valence-electron chi connectivity index (χ3n) is 8.79. The van der Waals surface area contributed by atoms with Gasteiger partial charge in [0.1, 0.15) is 0 Å². The number of nitrogens with zero attached hydrogens (tertiary/aromatic N) is 2. The molecular formula is C38H37BN2. The van der Waals surface area contributed by atoms with Crippen LogP contribution in [0.3, 0.4) is 0 Å². The predicted molar refractivity (Wildman–Crippen MR) is 178 cm³/mol. The van der Waals surface area contributed by atoms with Gasteiger partial charge in [-0.2, -0.15) is 0 Å². The molecule has 7 rings (SSSR count). The summed E-state index contributed by atoms with van der Waals surface area (Å²) in [5, 5.41) is 0. The summed E-state index contributed by atoms with van der Waals surface area (Å²) in [4.78, 5) is 4.98. The van der Waals surface area contributed by atoms with E-state index in [1.165, 1.54) is 87.3 Å². The SMILES string of the molecule is CCCCc1ccc2c(c1)B1c3cc(CCCC)ccc3N(c3ccccc3)c3cccc(c31)N2c1ccccc1. The minimum absolute atomic E-state index is 0.189. The first-order valence-electron chi connectivity index (χ1n) is 15.4. The molecule has 5 aromatic carbocycles. The Labute approximate surface area is 245 Å². The highest BCUT2D eigenvalue weighted by Gasteiger charge is 2.43. The average molecular weight is 533 g/mol. The number of hydrogen-bond donors (Lipinski definition) is 0. The molecule has 0 amide bonds. The first kappa shape index (κ1) is 25.7. The summed E-state index contributed by atoms with van der Waals surface area (Å²) in [6.45, 7) is 4.76. The van der Waals surface area contributed by atoms with E-state index >= 15 is 0 Å². The molecule has 0 fully saturated rings. The number of hydrogen-bond acceptors (Lipinski definition) is 2. The van der Waals surface area contributed by atoms with E-state index in [0.29, 0.717) is 0 Å². The summed E-state index contributed by atoms with van der Waals surface area (Å²) in [5.74, 6) is 0. The molecule has 202 valence electrons. The molecule has 0 bridgehead atoms. The van der Waals surface area contributed by atoms with Gasteiger partial charge in [0.2, 0.25) is 0 Å².